The fourth-order valence-corrected chi connectivity index (χ4v) is 3.54. The molecular formula is C15H22N2O3S. The van der Waals surface area contributed by atoms with Crippen LogP contribution >= 0.6 is 0 Å². The van der Waals surface area contributed by atoms with Crippen molar-refractivity contribution in [1.82, 2.24) is 5.32 Å². The van der Waals surface area contributed by atoms with Crippen LogP contribution in [-0.4, -0.2) is 32.9 Å². The van der Waals surface area contributed by atoms with Crippen molar-refractivity contribution < 1.29 is 13.2 Å². The second kappa shape index (κ2) is 5.42. The maximum Gasteiger partial charge on any atom is 0.234 e. The molecule has 1 amide bonds. The number of hydrogen-bond acceptors (Lipinski definition) is 4. The van der Waals surface area contributed by atoms with E-state index in [1.165, 1.54) is 6.26 Å². The first kappa shape index (κ1) is 16.0. The van der Waals surface area contributed by atoms with Crippen LogP contribution in [0.5, 0.6) is 0 Å². The summed E-state index contributed by atoms with van der Waals surface area (Å²) in [7, 11) is -3.09. The zero-order valence-electron chi connectivity index (χ0n) is 12.9. The Labute approximate surface area is 126 Å². The molecule has 0 aromatic heterocycles. The van der Waals surface area contributed by atoms with Gasteiger partial charge in [-0.3, -0.25) is 4.79 Å². The molecule has 2 N–H and O–H groups in total. The van der Waals surface area contributed by atoms with E-state index in [9.17, 15) is 13.2 Å². The summed E-state index contributed by atoms with van der Waals surface area (Å²) in [6.45, 7) is 6.36. The number of amides is 1. The number of rotatable bonds is 5. The van der Waals surface area contributed by atoms with Crippen LogP contribution in [0.3, 0.4) is 0 Å². The topological polar surface area (TPSA) is 75.3 Å². The van der Waals surface area contributed by atoms with Crippen LogP contribution in [0.4, 0.5) is 5.69 Å². The summed E-state index contributed by atoms with van der Waals surface area (Å²) in [5.74, 6) is 0.0132. The molecule has 1 unspecified atom stereocenters. The quantitative estimate of drug-likeness (QED) is 0.866. The van der Waals surface area contributed by atoms with Gasteiger partial charge >= 0.3 is 0 Å². The predicted octanol–water partition coefficient (Wildman–Crippen LogP) is 1.61. The molecule has 0 saturated carbocycles. The second-order valence-electron chi connectivity index (χ2n) is 6.09. The third-order valence-corrected chi connectivity index (χ3v) is 4.79. The van der Waals surface area contributed by atoms with Crippen molar-refractivity contribution in [3.05, 3.63) is 29.3 Å². The molecule has 0 radical (unpaired) electrons. The fraction of sp³-hybridized carbons (Fsp3) is 0.533. The number of carbonyl (C=O) groups is 1. The molecule has 5 nitrogen and oxygen atoms in total. The van der Waals surface area contributed by atoms with Crippen molar-refractivity contribution in [2.45, 2.75) is 32.2 Å². The summed E-state index contributed by atoms with van der Waals surface area (Å²) in [5, 5.41) is 6.06. The molecule has 1 aliphatic heterocycles. The highest BCUT2D eigenvalue weighted by atomic mass is 32.2. The number of nitrogens with one attached hydrogen (secondary N) is 2. The van der Waals surface area contributed by atoms with Crippen LogP contribution in [0.25, 0.3) is 0 Å². The van der Waals surface area contributed by atoms with Crippen molar-refractivity contribution in [3.63, 3.8) is 0 Å². The first-order chi connectivity index (χ1) is 9.65. The SMILES string of the molecule is CCNC(CS(C)(=O)=O)c1ccc2c(c1)C(C)(C)C(=O)N2. The van der Waals surface area contributed by atoms with Crippen LogP contribution in [0.2, 0.25) is 0 Å². The summed E-state index contributed by atoms with van der Waals surface area (Å²) < 4.78 is 23.2. The smallest absolute Gasteiger partial charge is 0.234 e. The normalized spacial score (nSPS) is 18.2. The van der Waals surface area contributed by atoms with Gasteiger partial charge in [0.1, 0.15) is 9.84 Å². The summed E-state index contributed by atoms with van der Waals surface area (Å²) in [4.78, 5) is 12.0. The highest BCUT2D eigenvalue weighted by Gasteiger charge is 2.38. The van der Waals surface area contributed by atoms with Gasteiger partial charge in [0.05, 0.1) is 11.2 Å². The molecule has 0 bridgehead atoms. The molecule has 2 rings (SSSR count). The lowest BCUT2D eigenvalue weighted by molar-refractivity contribution is -0.119. The van der Waals surface area contributed by atoms with E-state index < -0.39 is 15.3 Å². The number of fused-ring (bicyclic) bond motifs is 1. The van der Waals surface area contributed by atoms with Crippen molar-refractivity contribution >= 4 is 21.4 Å². The number of benzene rings is 1. The van der Waals surface area contributed by atoms with Crippen LogP contribution in [0.1, 0.15) is 37.9 Å². The Hall–Kier alpha value is -1.40. The average molecular weight is 310 g/mol. The molecule has 0 fully saturated rings. The van der Waals surface area contributed by atoms with E-state index in [1.807, 2.05) is 39.0 Å². The molecule has 1 atom stereocenters. The summed E-state index contributed by atoms with van der Waals surface area (Å²) in [5.41, 5.74) is 2.03. The van der Waals surface area contributed by atoms with Crippen LogP contribution in [0.15, 0.2) is 18.2 Å². The Morgan fingerprint density at radius 3 is 2.57 bits per heavy atom. The summed E-state index contributed by atoms with van der Waals surface area (Å²) in [6, 6.07) is 5.40. The fourth-order valence-electron chi connectivity index (χ4n) is 2.63. The van der Waals surface area contributed by atoms with Crippen molar-refractivity contribution in [1.29, 1.82) is 0 Å². The second-order valence-corrected chi connectivity index (χ2v) is 8.27. The minimum atomic E-state index is -3.09. The molecule has 1 aromatic carbocycles. The maximum atomic E-state index is 12.0. The Balaban J connectivity index is 2.41. The molecule has 0 spiro atoms. The average Bonchev–Trinajstić information content (AvgIpc) is 2.58. The lowest BCUT2D eigenvalue weighted by Crippen LogP contribution is -2.29. The van der Waals surface area contributed by atoms with Crippen LogP contribution in [-0.2, 0) is 20.0 Å². The number of carbonyl (C=O) groups excluding carboxylic acids is 1. The zero-order chi connectivity index (χ0) is 15.8. The summed E-state index contributed by atoms with van der Waals surface area (Å²) in [6.07, 6.45) is 1.24. The minimum absolute atomic E-state index is 0.0298. The maximum absolute atomic E-state index is 12.0. The van der Waals surface area contributed by atoms with Crippen LogP contribution in [0, 0.1) is 0 Å². The van der Waals surface area contributed by atoms with Crippen molar-refractivity contribution in [3.8, 4) is 0 Å². The van der Waals surface area contributed by atoms with Crippen molar-refractivity contribution in [2.75, 3.05) is 23.9 Å². The first-order valence-electron chi connectivity index (χ1n) is 7.02. The largest absolute Gasteiger partial charge is 0.325 e. The van der Waals surface area contributed by atoms with Gasteiger partial charge in [-0.15, -0.1) is 0 Å². The Bertz CT molecular complexity index is 665. The molecule has 0 saturated heterocycles. The van der Waals surface area contributed by atoms with E-state index >= 15 is 0 Å². The van der Waals surface area contributed by atoms with Crippen LogP contribution < -0.4 is 10.6 Å². The minimum Gasteiger partial charge on any atom is -0.325 e. The van der Waals surface area contributed by atoms with Gasteiger partial charge in [0, 0.05) is 18.0 Å². The van der Waals surface area contributed by atoms with Gasteiger partial charge in [0.25, 0.3) is 0 Å². The van der Waals surface area contributed by atoms with E-state index in [-0.39, 0.29) is 17.7 Å². The van der Waals surface area contributed by atoms with Gasteiger partial charge in [-0.2, -0.15) is 0 Å². The first-order valence-corrected chi connectivity index (χ1v) is 9.08. The molecule has 21 heavy (non-hydrogen) atoms. The van der Waals surface area contributed by atoms with E-state index in [4.69, 9.17) is 0 Å². The third kappa shape index (κ3) is 3.27. The van der Waals surface area contributed by atoms with Gasteiger partial charge in [-0.05, 0) is 37.6 Å². The van der Waals surface area contributed by atoms with Crippen molar-refractivity contribution in [2.24, 2.45) is 0 Å². The molecule has 1 aromatic rings. The van der Waals surface area contributed by atoms with Gasteiger partial charge < -0.3 is 10.6 Å². The monoisotopic (exact) mass is 310 g/mol. The molecule has 6 heteroatoms. The van der Waals surface area contributed by atoms with E-state index in [0.29, 0.717) is 6.54 Å². The molecule has 1 heterocycles. The van der Waals surface area contributed by atoms with E-state index in [1.54, 1.807) is 0 Å². The Kier molecular flexibility index (Phi) is 4.13. The zero-order valence-corrected chi connectivity index (χ0v) is 13.7. The van der Waals surface area contributed by atoms with Gasteiger partial charge in [-0.1, -0.05) is 19.1 Å². The van der Waals surface area contributed by atoms with E-state index in [2.05, 4.69) is 10.6 Å². The third-order valence-electron chi connectivity index (χ3n) is 3.86. The Morgan fingerprint density at radius 1 is 1.33 bits per heavy atom. The highest BCUT2D eigenvalue weighted by molar-refractivity contribution is 7.90. The molecule has 1 aliphatic rings. The molecule has 0 aliphatic carbocycles. The van der Waals surface area contributed by atoms with Gasteiger partial charge in [-0.25, -0.2) is 8.42 Å². The van der Waals surface area contributed by atoms with Gasteiger partial charge in [0.2, 0.25) is 5.91 Å². The lowest BCUT2D eigenvalue weighted by atomic mass is 9.85. The van der Waals surface area contributed by atoms with E-state index in [0.717, 1.165) is 16.8 Å². The Morgan fingerprint density at radius 2 is 2.00 bits per heavy atom. The molecule has 116 valence electrons. The lowest BCUT2D eigenvalue weighted by Gasteiger charge is -2.20. The van der Waals surface area contributed by atoms with Gasteiger partial charge in [0.15, 0.2) is 0 Å². The number of hydrogen-bond donors (Lipinski definition) is 2. The number of anilines is 1. The summed E-state index contributed by atoms with van der Waals surface area (Å²) >= 11 is 0. The standard InChI is InChI=1S/C15H22N2O3S/c1-5-16-13(9-21(4,19)20)10-6-7-12-11(8-10)15(2,3)14(18)17-12/h6-8,13,16H,5,9H2,1-4H3,(H,17,18). The molecular weight excluding hydrogens is 288 g/mol. The highest BCUT2D eigenvalue weighted by Crippen LogP contribution is 2.38. The number of sulfone groups is 1. The predicted molar refractivity (Wildman–Crippen MR) is 84.2 cm³/mol.